The van der Waals surface area contributed by atoms with Gasteiger partial charge in [0, 0.05) is 5.56 Å². The topological polar surface area (TPSA) is 117 Å². The summed E-state index contributed by atoms with van der Waals surface area (Å²) in [7, 11) is 3.90. The third kappa shape index (κ3) is 4.89. The molecule has 0 heterocycles. The molecule has 152 valence electrons. The molecule has 0 saturated heterocycles. The zero-order valence-corrected chi connectivity index (χ0v) is 16.0. The number of hydrogen-bond acceptors (Lipinski definition) is 8. The van der Waals surface area contributed by atoms with E-state index in [-0.39, 0.29) is 33.9 Å². The molecule has 29 heavy (non-hydrogen) atoms. The van der Waals surface area contributed by atoms with Crippen LogP contribution in [0.4, 0.5) is 5.69 Å². The molecule has 0 radical (unpaired) electrons. The summed E-state index contributed by atoms with van der Waals surface area (Å²) in [5.41, 5.74) is 0.203. The first kappa shape index (κ1) is 21.4. The fraction of sp³-hybridized carbons (Fsp3) is 0.200. The summed E-state index contributed by atoms with van der Waals surface area (Å²) in [6, 6.07) is 9.05. The molecular formula is C20H19NO8. The molecule has 1 amide bonds. The molecule has 2 aromatic carbocycles. The second-order valence-corrected chi connectivity index (χ2v) is 5.54. The number of carbonyl (C=O) groups excluding carboxylic acids is 4. The fourth-order valence-corrected chi connectivity index (χ4v) is 2.52. The van der Waals surface area contributed by atoms with Gasteiger partial charge in [-0.2, -0.15) is 0 Å². The van der Waals surface area contributed by atoms with Gasteiger partial charge in [0.2, 0.25) is 0 Å². The highest BCUT2D eigenvalue weighted by Crippen LogP contribution is 2.33. The molecule has 0 aliphatic rings. The number of para-hydroxylation sites is 1. The number of ether oxygens (including phenoxy) is 4. The lowest BCUT2D eigenvalue weighted by Gasteiger charge is -2.14. The summed E-state index contributed by atoms with van der Waals surface area (Å²) in [5, 5.41) is 2.47. The summed E-state index contributed by atoms with van der Waals surface area (Å²) < 4.78 is 19.9. The summed E-state index contributed by atoms with van der Waals surface area (Å²) in [6.07, 6.45) is 0.464. The van der Waals surface area contributed by atoms with Crippen LogP contribution < -0.4 is 14.8 Å². The smallest absolute Gasteiger partial charge is 0.343 e. The van der Waals surface area contributed by atoms with Crippen LogP contribution in [0.25, 0.3) is 0 Å². The van der Waals surface area contributed by atoms with Crippen molar-refractivity contribution in [1.29, 1.82) is 0 Å². The Hall–Kier alpha value is -3.88. The SMILES string of the molecule is COC(=O)c1ccccc1NC(=O)COC(=O)c1c(C=O)ccc(OC)c1OC. The maximum absolute atomic E-state index is 12.5. The molecule has 0 unspecified atom stereocenters. The van der Waals surface area contributed by atoms with Crippen LogP contribution in [0.1, 0.15) is 31.1 Å². The average Bonchev–Trinajstić information content (AvgIpc) is 2.75. The van der Waals surface area contributed by atoms with Gasteiger partial charge in [-0.15, -0.1) is 0 Å². The Morgan fingerprint density at radius 2 is 1.69 bits per heavy atom. The number of carbonyl (C=O) groups is 4. The molecule has 9 nitrogen and oxygen atoms in total. The van der Waals surface area contributed by atoms with Gasteiger partial charge in [0.05, 0.1) is 32.6 Å². The lowest BCUT2D eigenvalue weighted by atomic mass is 10.1. The van der Waals surface area contributed by atoms with E-state index in [1.807, 2.05) is 0 Å². The minimum Gasteiger partial charge on any atom is -0.493 e. The van der Waals surface area contributed by atoms with Crippen molar-refractivity contribution in [3.8, 4) is 11.5 Å². The van der Waals surface area contributed by atoms with Crippen LogP contribution in [0, 0.1) is 0 Å². The minimum atomic E-state index is -0.945. The van der Waals surface area contributed by atoms with E-state index >= 15 is 0 Å². The van der Waals surface area contributed by atoms with Crippen LogP contribution in [-0.2, 0) is 14.3 Å². The van der Waals surface area contributed by atoms with Gasteiger partial charge in [-0.1, -0.05) is 12.1 Å². The van der Waals surface area contributed by atoms with Crippen LogP contribution >= 0.6 is 0 Å². The Morgan fingerprint density at radius 3 is 2.31 bits per heavy atom. The molecule has 0 spiro atoms. The van der Waals surface area contributed by atoms with Gasteiger partial charge in [-0.05, 0) is 24.3 Å². The predicted octanol–water partition coefficient (Wildman–Crippen LogP) is 2.10. The van der Waals surface area contributed by atoms with Crippen LogP contribution in [0.2, 0.25) is 0 Å². The Kier molecular flexibility index (Phi) is 7.30. The number of methoxy groups -OCH3 is 3. The number of nitrogens with one attached hydrogen (secondary N) is 1. The van der Waals surface area contributed by atoms with Crippen LogP contribution in [0.15, 0.2) is 36.4 Å². The number of aldehydes is 1. The summed E-state index contributed by atoms with van der Waals surface area (Å²) >= 11 is 0. The molecule has 2 aromatic rings. The summed E-state index contributed by atoms with van der Waals surface area (Å²) in [5.74, 6) is -2.03. The van der Waals surface area contributed by atoms with Crippen molar-refractivity contribution >= 4 is 29.8 Å². The Bertz CT molecular complexity index is 938. The van der Waals surface area contributed by atoms with E-state index in [9.17, 15) is 19.2 Å². The van der Waals surface area contributed by atoms with Crippen molar-refractivity contribution < 1.29 is 38.1 Å². The maximum atomic E-state index is 12.5. The highest BCUT2D eigenvalue weighted by Gasteiger charge is 2.23. The van der Waals surface area contributed by atoms with Gasteiger partial charge in [0.25, 0.3) is 5.91 Å². The van der Waals surface area contributed by atoms with E-state index in [2.05, 4.69) is 10.1 Å². The van der Waals surface area contributed by atoms with E-state index in [1.54, 1.807) is 12.1 Å². The van der Waals surface area contributed by atoms with Gasteiger partial charge in [-0.3, -0.25) is 9.59 Å². The van der Waals surface area contributed by atoms with Crippen LogP contribution in [0.3, 0.4) is 0 Å². The van der Waals surface area contributed by atoms with E-state index < -0.39 is 24.5 Å². The zero-order chi connectivity index (χ0) is 21.4. The van der Waals surface area contributed by atoms with Crippen molar-refractivity contribution in [3.63, 3.8) is 0 Å². The van der Waals surface area contributed by atoms with E-state index in [0.29, 0.717) is 6.29 Å². The van der Waals surface area contributed by atoms with Gasteiger partial charge in [-0.25, -0.2) is 9.59 Å². The van der Waals surface area contributed by atoms with Crippen molar-refractivity contribution in [2.24, 2.45) is 0 Å². The third-order valence-electron chi connectivity index (χ3n) is 3.85. The quantitative estimate of drug-likeness (QED) is 0.528. The molecule has 0 fully saturated rings. The van der Waals surface area contributed by atoms with E-state index in [0.717, 1.165) is 0 Å². The molecule has 0 aromatic heterocycles. The lowest BCUT2D eigenvalue weighted by molar-refractivity contribution is -0.119. The Balaban J connectivity index is 2.15. The molecule has 1 N–H and O–H groups in total. The number of amides is 1. The molecule has 0 bridgehead atoms. The van der Waals surface area contributed by atoms with Crippen LogP contribution in [-0.4, -0.2) is 52.1 Å². The molecule has 0 aliphatic heterocycles. The maximum Gasteiger partial charge on any atom is 0.343 e. The molecule has 9 heteroatoms. The molecular weight excluding hydrogens is 382 g/mol. The highest BCUT2D eigenvalue weighted by atomic mass is 16.5. The average molecular weight is 401 g/mol. The minimum absolute atomic E-state index is 0.0125. The lowest BCUT2D eigenvalue weighted by Crippen LogP contribution is -2.23. The zero-order valence-electron chi connectivity index (χ0n) is 16.0. The van der Waals surface area contributed by atoms with Crippen molar-refractivity contribution in [3.05, 3.63) is 53.1 Å². The largest absolute Gasteiger partial charge is 0.493 e. The number of rotatable bonds is 8. The third-order valence-corrected chi connectivity index (χ3v) is 3.85. The number of anilines is 1. The number of hydrogen-bond donors (Lipinski definition) is 1. The number of benzene rings is 2. The Labute approximate surface area is 166 Å². The van der Waals surface area contributed by atoms with Gasteiger partial charge in [0.1, 0.15) is 5.56 Å². The summed E-state index contributed by atoms with van der Waals surface area (Å²) in [4.78, 5) is 47.7. The Morgan fingerprint density at radius 1 is 0.966 bits per heavy atom. The van der Waals surface area contributed by atoms with E-state index in [4.69, 9.17) is 14.2 Å². The second kappa shape index (κ2) is 9.88. The summed E-state index contributed by atoms with van der Waals surface area (Å²) in [6.45, 7) is -0.660. The predicted molar refractivity (Wildman–Crippen MR) is 102 cm³/mol. The van der Waals surface area contributed by atoms with E-state index in [1.165, 1.54) is 45.6 Å². The van der Waals surface area contributed by atoms with Crippen molar-refractivity contribution in [2.75, 3.05) is 33.3 Å². The van der Waals surface area contributed by atoms with Crippen molar-refractivity contribution in [2.45, 2.75) is 0 Å². The standard InChI is InChI=1S/C20H19NO8/c1-26-15-9-8-12(10-22)17(18(15)27-2)20(25)29-11-16(23)21-14-7-5-4-6-13(14)19(24)28-3/h4-10H,11H2,1-3H3,(H,21,23). The van der Waals surface area contributed by atoms with Gasteiger partial charge in [0.15, 0.2) is 24.4 Å². The normalized spacial score (nSPS) is 9.90. The van der Waals surface area contributed by atoms with Crippen LogP contribution in [0.5, 0.6) is 11.5 Å². The first-order chi connectivity index (χ1) is 14.0. The first-order valence-electron chi connectivity index (χ1n) is 8.31. The second-order valence-electron chi connectivity index (χ2n) is 5.54. The van der Waals surface area contributed by atoms with Crippen molar-refractivity contribution in [1.82, 2.24) is 0 Å². The molecule has 0 atom stereocenters. The molecule has 0 aliphatic carbocycles. The molecule has 2 rings (SSSR count). The number of esters is 2. The molecule has 0 saturated carbocycles. The first-order valence-corrected chi connectivity index (χ1v) is 8.31. The highest BCUT2D eigenvalue weighted by molar-refractivity contribution is 6.04. The van der Waals surface area contributed by atoms with Gasteiger partial charge >= 0.3 is 11.9 Å². The fourth-order valence-electron chi connectivity index (χ4n) is 2.52. The van der Waals surface area contributed by atoms with Gasteiger partial charge < -0.3 is 24.3 Å². The monoisotopic (exact) mass is 401 g/mol.